The molecular weight excluding hydrogens is 180 g/mol. The molecule has 0 spiro atoms. The molecule has 1 N–H and O–H groups in total. The van der Waals surface area contributed by atoms with Gasteiger partial charge in [0.2, 0.25) is 5.82 Å². The van der Waals surface area contributed by atoms with Crippen molar-refractivity contribution < 1.29 is 0 Å². The molecule has 0 aliphatic carbocycles. The fourth-order valence-corrected chi connectivity index (χ4v) is 1.09. The first-order chi connectivity index (χ1) is 6.81. The predicted molar refractivity (Wildman–Crippen MR) is 50.0 cm³/mol. The first-order valence-electron chi connectivity index (χ1n) is 4.01. The zero-order chi connectivity index (χ0) is 9.97. The van der Waals surface area contributed by atoms with Gasteiger partial charge < -0.3 is 0 Å². The summed E-state index contributed by atoms with van der Waals surface area (Å²) >= 11 is 0. The molecule has 0 saturated carbocycles. The molecule has 0 saturated heterocycles. The Bertz CT molecular complexity index is 447. The fraction of sp³-hybridized carbons (Fsp3) is 0.125. The zero-order valence-electron chi connectivity index (χ0n) is 7.60. The summed E-state index contributed by atoms with van der Waals surface area (Å²) in [7, 11) is 0. The van der Waals surface area contributed by atoms with Gasteiger partial charge in [0.05, 0.1) is 11.3 Å². The number of nitrogens with one attached hydrogen (secondary N) is 1. The van der Waals surface area contributed by atoms with Gasteiger partial charge in [0.1, 0.15) is 5.82 Å². The summed E-state index contributed by atoms with van der Waals surface area (Å²) in [5, 5.41) is 13.5. The SMILES string of the molecule is C=Cc1nc(C)ncc1-c1nn[nH]n1. The summed E-state index contributed by atoms with van der Waals surface area (Å²) < 4.78 is 0. The predicted octanol–water partition coefficient (Wildman–Crippen LogP) is 0.608. The van der Waals surface area contributed by atoms with E-state index < -0.39 is 0 Å². The minimum atomic E-state index is 0.472. The standard InChI is InChI=1S/C8H8N6/c1-3-7-6(4-9-5(2)10-7)8-11-13-14-12-8/h3-4H,1H2,2H3,(H,11,12,13,14). The second-order valence-corrected chi connectivity index (χ2v) is 2.66. The number of aromatic nitrogens is 6. The highest BCUT2D eigenvalue weighted by molar-refractivity contribution is 5.65. The summed E-state index contributed by atoms with van der Waals surface area (Å²) in [5.41, 5.74) is 1.43. The van der Waals surface area contributed by atoms with E-state index in [0.29, 0.717) is 17.3 Å². The molecule has 0 unspecified atom stereocenters. The molecule has 2 rings (SSSR count). The smallest absolute Gasteiger partial charge is 0.208 e. The molecule has 2 aromatic rings. The van der Waals surface area contributed by atoms with Crippen LogP contribution in [0.1, 0.15) is 11.5 Å². The highest BCUT2D eigenvalue weighted by Crippen LogP contribution is 2.16. The molecule has 0 amide bonds. The van der Waals surface area contributed by atoms with Crippen LogP contribution in [0.2, 0.25) is 0 Å². The lowest BCUT2D eigenvalue weighted by Gasteiger charge is -2.00. The van der Waals surface area contributed by atoms with E-state index in [4.69, 9.17) is 0 Å². The third-order valence-corrected chi connectivity index (χ3v) is 1.72. The number of aryl methyl sites for hydroxylation is 1. The minimum Gasteiger partial charge on any atom is -0.241 e. The van der Waals surface area contributed by atoms with E-state index >= 15 is 0 Å². The van der Waals surface area contributed by atoms with Gasteiger partial charge in [-0.3, -0.25) is 0 Å². The van der Waals surface area contributed by atoms with Crippen molar-refractivity contribution in [2.45, 2.75) is 6.92 Å². The Balaban J connectivity index is 2.58. The fourth-order valence-electron chi connectivity index (χ4n) is 1.09. The molecular formula is C8H8N6. The number of nitrogens with zero attached hydrogens (tertiary/aromatic N) is 5. The van der Waals surface area contributed by atoms with Gasteiger partial charge in [0, 0.05) is 6.20 Å². The van der Waals surface area contributed by atoms with Crippen molar-refractivity contribution in [1.29, 1.82) is 0 Å². The van der Waals surface area contributed by atoms with Crippen molar-refractivity contribution in [3.05, 3.63) is 24.3 Å². The lowest BCUT2D eigenvalue weighted by Crippen LogP contribution is -1.95. The summed E-state index contributed by atoms with van der Waals surface area (Å²) in [5.74, 6) is 1.16. The van der Waals surface area contributed by atoms with E-state index in [1.165, 1.54) is 0 Å². The van der Waals surface area contributed by atoms with E-state index in [2.05, 4.69) is 37.2 Å². The normalized spacial score (nSPS) is 10.1. The lowest BCUT2D eigenvalue weighted by molar-refractivity contribution is 0.881. The maximum atomic E-state index is 4.20. The highest BCUT2D eigenvalue weighted by atomic mass is 15.5. The molecule has 0 aliphatic heterocycles. The Kier molecular flexibility index (Phi) is 2.02. The quantitative estimate of drug-likeness (QED) is 0.746. The van der Waals surface area contributed by atoms with Gasteiger partial charge >= 0.3 is 0 Å². The van der Waals surface area contributed by atoms with E-state index in [9.17, 15) is 0 Å². The molecule has 0 fully saturated rings. The van der Waals surface area contributed by atoms with Crippen molar-refractivity contribution in [1.82, 2.24) is 30.6 Å². The molecule has 2 aromatic heterocycles. The Morgan fingerprint density at radius 3 is 3.00 bits per heavy atom. The van der Waals surface area contributed by atoms with Crippen LogP contribution in [0.3, 0.4) is 0 Å². The van der Waals surface area contributed by atoms with Crippen LogP contribution in [0.4, 0.5) is 0 Å². The summed E-state index contributed by atoms with van der Waals surface area (Å²) in [6, 6.07) is 0. The molecule has 0 radical (unpaired) electrons. The van der Waals surface area contributed by atoms with E-state index in [1.54, 1.807) is 12.3 Å². The molecule has 0 atom stereocenters. The largest absolute Gasteiger partial charge is 0.241 e. The van der Waals surface area contributed by atoms with Crippen LogP contribution in [0, 0.1) is 6.92 Å². The van der Waals surface area contributed by atoms with Crippen molar-refractivity contribution in [2.24, 2.45) is 0 Å². The lowest BCUT2D eigenvalue weighted by atomic mass is 10.2. The van der Waals surface area contributed by atoms with Gasteiger partial charge in [-0.15, -0.1) is 10.2 Å². The Hall–Kier alpha value is -2.11. The second kappa shape index (κ2) is 3.33. The molecule has 0 aromatic carbocycles. The van der Waals surface area contributed by atoms with Crippen LogP contribution in [-0.4, -0.2) is 30.6 Å². The van der Waals surface area contributed by atoms with Crippen molar-refractivity contribution >= 4 is 6.08 Å². The van der Waals surface area contributed by atoms with Gasteiger partial charge in [-0.1, -0.05) is 6.58 Å². The number of hydrogen-bond donors (Lipinski definition) is 1. The maximum Gasteiger partial charge on any atom is 0.208 e. The average Bonchev–Trinajstić information content (AvgIpc) is 2.70. The minimum absolute atomic E-state index is 0.472. The summed E-state index contributed by atoms with van der Waals surface area (Å²) in [4.78, 5) is 8.26. The molecule has 70 valence electrons. The summed E-state index contributed by atoms with van der Waals surface area (Å²) in [6.45, 7) is 5.48. The zero-order valence-corrected chi connectivity index (χ0v) is 7.60. The highest BCUT2D eigenvalue weighted by Gasteiger charge is 2.08. The molecule has 0 bridgehead atoms. The molecule has 14 heavy (non-hydrogen) atoms. The van der Waals surface area contributed by atoms with Crippen LogP contribution in [0.25, 0.3) is 17.5 Å². The van der Waals surface area contributed by atoms with Gasteiger partial charge in [-0.2, -0.15) is 5.21 Å². The third kappa shape index (κ3) is 1.37. The molecule has 6 nitrogen and oxygen atoms in total. The van der Waals surface area contributed by atoms with Crippen LogP contribution >= 0.6 is 0 Å². The van der Waals surface area contributed by atoms with E-state index in [-0.39, 0.29) is 0 Å². The molecule has 0 aliphatic rings. The van der Waals surface area contributed by atoms with Crippen molar-refractivity contribution in [2.75, 3.05) is 0 Å². The van der Waals surface area contributed by atoms with Gasteiger partial charge in [0.15, 0.2) is 0 Å². The Morgan fingerprint density at radius 2 is 2.36 bits per heavy atom. The van der Waals surface area contributed by atoms with Gasteiger partial charge in [-0.25, -0.2) is 9.97 Å². The monoisotopic (exact) mass is 188 g/mol. The van der Waals surface area contributed by atoms with Crippen LogP contribution in [0.5, 0.6) is 0 Å². The Labute approximate surface area is 80.1 Å². The number of H-pyrrole nitrogens is 1. The second-order valence-electron chi connectivity index (χ2n) is 2.66. The number of hydrogen-bond acceptors (Lipinski definition) is 5. The molecule has 2 heterocycles. The van der Waals surface area contributed by atoms with Crippen molar-refractivity contribution in [3.8, 4) is 11.4 Å². The van der Waals surface area contributed by atoms with Gasteiger partial charge in [-0.05, 0) is 18.2 Å². The average molecular weight is 188 g/mol. The number of rotatable bonds is 2. The first kappa shape index (κ1) is 8.49. The van der Waals surface area contributed by atoms with Crippen LogP contribution in [-0.2, 0) is 0 Å². The van der Waals surface area contributed by atoms with E-state index in [0.717, 1.165) is 5.56 Å². The maximum absolute atomic E-state index is 4.20. The van der Waals surface area contributed by atoms with Crippen molar-refractivity contribution in [3.63, 3.8) is 0 Å². The Morgan fingerprint density at radius 1 is 1.50 bits per heavy atom. The summed E-state index contributed by atoms with van der Waals surface area (Å²) in [6.07, 6.45) is 3.30. The van der Waals surface area contributed by atoms with Crippen LogP contribution in [0.15, 0.2) is 12.8 Å². The number of aromatic amines is 1. The third-order valence-electron chi connectivity index (χ3n) is 1.72. The van der Waals surface area contributed by atoms with E-state index in [1.807, 2.05) is 6.92 Å². The number of tetrazole rings is 1. The topological polar surface area (TPSA) is 80.2 Å². The molecule has 6 heteroatoms. The van der Waals surface area contributed by atoms with Crippen LogP contribution < -0.4 is 0 Å². The first-order valence-corrected chi connectivity index (χ1v) is 4.01. The van der Waals surface area contributed by atoms with Gasteiger partial charge in [0.25, 0.3) is 0 Å².